The second kappa shape index (κ2) is 7.77. The number of sulfonamides is 1. The quantitative estimate of drug-likeness (QED) is 0.811. The summed E-state index contributed by atoms with van der Waals surface area (Å²) >= 11 is 0. The van der Waals surface area contributed by atoms with Crippen molar-refractivity contribution < 1.29 is 13.2 Å². The minimum Gasteiger partial charge on any atom is -0.382 e. The average molecular weight is 312 g/mol. The van der Waals surface area contributed by atoms with Crippen LogP contribution in [0.4, 0.5) is 5.69 Å². The van der Waals surface area contributed by atoms with E-state index in [-0.39, 0.29) is 6.10 Å². The molecule has 1 fully saturated rings. The highest BCUT2D eigenvalue weighted by molar-refractivity contribution is 7.89. The Morgan fingerprint density at radius 2 is 2.00 bits per heavy atom. The van der Waals surface area contributed by atoms with Crippen LogP contribution in [0.3, 0.4) is 0 Å². The smallest absolute Gasteiger partial charge is 0.240 e. The van der Waals surface area contributed by atoms with Gasteiger partial charge in [0.25, 0.3) is 0 Å². The fourth-order valence-corrected chi connectivity index (χ4v) is 3.41. The normalized spacial score (nSPS) is 19.4. The lowest BCUT2D eigenvalue weighted by atomic mass is 10.1. The predicted molar refractivity (Wildman–Crippen MR) is 84.0 cm³/mol. The number of hydrogen-bond acceptors (Lipinski definition) is 4. The van der Waals surface area contributed by atoms with E-state index in [1.165, 1.54) is 6.42 Å². The van der Waals surface area contributed by atoms with Gasteiger partial charge in [-0.15, -0.1) is 0 Å². The lowest BCUT2D eigenvalue weighted by molar-refractivity contribution is 0.0247. The Morgan fingerprint density at radius 3 is 2.62 bits per heavy atom. The maximum absolute atomic E-state index is 12.0. The molecule has 0 aliphatic carbocycles. The zero-order valence-corrected chi connectivity index (χ0v) is 13.3. The SMILES string of the molecule is CCCNS(=O)(=O)c1ccc(NCC2CCCCO2)cc1. The van der Waals surface area contributed by atoms with E-state index in [2.05, 4.69) is 10.0 Å². The Hall–Kier alpha value is -1.11. The molecular weight excluding hydrogens is 288 g/mol. The number of ether oxygens (including phenoxy) is 1. The molecule has 2 rings (SSSR count). The first kappa shape index (κ1) is 16.3. The minimum atomic E-state index is -3.38. The third-order valence-corrected chi connectivity index (χ3v) is 4.99. The third-order valence-electron chi connectivity index (χ3n) is 3.51. The molecule has 2 N–H and O–H groups in total. The van der Waals surface area contributed by atoms with E-state index in [9.17, 15) is 8.42 Å². The summed E-state index contributed by atoms with van der Waals surface area (Å²) in [6.07, 6.45) is 4.48. The molecule has 0 aromatic heterocycles. The van der Waals surface area contributed by atoms with Crippen LogP contribution in [-0.2, 0) is 14.8 Å². The van der Waals surface area contributed by atoms with E-state index >= 15 is 0 Å². The van der Waals surface area contributed by atoms with E-state index in [1.54, 1.807) is 24.3 Å². The fraction of sp³-hybridized carbons (Fsp3) is 0.600. The summed E-state index contributed by atoms with van der Waals surface area (Å²) in [6.45, 7) is 4.00. The standard InChI is InChI=1S/C15H24N2O3S/c1-2-10-17-21(18,19)15-8-6-13(7-9-15)16-12-14-5-3-4-11-20-14/h6-9,14,16-17H,2-5,10-12H2,1H3. The fourth-order valence-electron chi connectivity index (χ4n) is 2.27. The molecule has 1 aliphatic rings. The topological polar surface area (TPSA) is 67.4 Å². The summed E-state index contributed by atoms with van der Waals surface area (Å²) in [6, 6.07) is 6.84. The lowest BCUT2D eigenvalue weighted by Gasteiger charge is -2.23. The molecular formula is C15H24N2O3S. The van der Waals surface area contributed by atoms with Crippen LogP contribution in [0.15, 0.2) is 29.2 Å². The zero-order chi connectivity index (χ0) is 15.1. The van der Waals surface area contributed by atoms with Gasteiger partial charge in [-0.1, -0.05) is 6.92 Å². The van der Waals surface area contributed by atoms with Gasteiger partial charge in [0.2, 0.25) is 10.0 Å². The molecule has 5 nitrogen and oxygen atoms in total. The van der Waals surface area contributed by atoms with Gasteiger partial charge in [-0.3, -0.25) is 0 Å². The van der Waals surface area contributed by atoms with Crippen molar-refractivity contribution in [3.63, 3.8) is 0 Å². The molecule has 21 heavy (non-hydrogen) atoms. The van der Waals surface area contributed by atoms with Crippen LogP contribution < -0.4 is 10.0 Å². The van der Waals surface area contributed by atoms with E-state index in [0.717, 1.165) is 38.1 Å². The van der Waals surface area contributed by atoms with Gasteiger partial charge in [0.05, 0.1) is 11.0 Å². The molecule has 1 aromatic carbocycles. The van der Waals surface area contributed by atoms with Crippen LogP contribution in [0, 0.1) is 0 Å². The Bertz CT molecular complexity index is 522. The largest absolute Gasteiger partial charge is 0.382 e. The van der Waals surface area contributed by atoms with Crippen molar-refractivity contribution in [1.29, 1.82) is 0 Å². The summed E-state index contributed by atoms with van der Waals surface area (Å²) in [5, 5.41) is 3.30. The molecule has 6 heteroatoms. The summed E-state index contributed by atoms with van der Waals surface area (Å²) in [4.78, 5) is 0.301. The van der Waals surface area contributed by atoms with Crippen molar-refractivity contribution in [1.82, 2.24) is 4.72 Å². The monoisotopic (exact) mass is 312 g/mol. The van der Waals surface area contributed by atoms with Gasteiger partial charge in [-0.25, -0.2) is 13.1 Å². The molecule has 0 bridgehead atoms. The second-order valence-electron chi connectivity index (χ2n) is 5.29. The first-order valence-electron chi connectivity index (χ1n) is 7.57. The summed E-state index contributed by atoms with van der Waals surface area (Å²) in [7, 11) is -3.38. The van der Waals surface area contributed by atoms with Gasteiger partial charge in [0.15, 0.2) is 0 Å². The van der Waals surface area contributed by atoms with Crippen molar-refractivity contribution >= 4 is 15.7 Å². The Labute approximate surface area is 127 Å². The number of benzene rings is 1. The van der Waals surface area contributed by atoms with Crippen LogP contribution in [0.1, 0.15) is 32.6 Å². The number of hydrogen-bond donors (Lipinski definition) is 2. The molecule has 1 saturated heterocycles. The highest BCUT2D eigenvalue weighted by atomic mass is 32.2. The van der Waals surface area contributed by atoms with Gasteiger partial charge in [-0.2, -0.15) is 0 Å². The molecule has 0 amide bonds. The Balaban J connectivity index is 1.89. The van der Waals surface area contributed by atoms with Gasteiger partial charge >= 0.3 is 0 Å². The summed E-state index contributed by atoms with van der Waals surface area (Å²) in [5.74, 6) is 0. The Kier molecular flexibility index (Phi) is 6.02. The van der Waals surface area contributed by atoms with Crippen molar-refractivity contribution in [2.45, 2.75) is 43.6 Å². The maximum atomic E-state index is 12.0. The van der Waals surface area contributed by atoms with Crippen molar-refractivity contribution in [2.24, 2.45) is 0 Å². The highest BCUT2D eigenvalue weighted by Gasteiger charge is 2.14. The number of anilines is 1. The number of rotatable bonds is 7. The lowest BCUT2D eigenvalue weighted by Crippen LogP contribution is -2.27. The number of nitrogens with one attached hydrogen (secondary N) is 2. The molecule has 0 saturated carbocycles. The van der Waals surface area contributed by atoms with E-state index in [4.69, 9.17) is 4.74 Å². The third kappa shape index (κ3) is 4.98. The van der Waals surface area contributed by atoms with Crippen LogP contribution in [-0.4, -0.2) is 34.2 Å². The van der Waals surface area contributed by atoms with E-state index < -0.39 is 10.0 Å². The second-order valence-corrected chi connectivity index (χ2v) is 7.06. The van der Waals surface area contributed by atoms with Crippen molar-refractivity contribution in [2.75, 3.05) is 25.0 Å². The molecule has 1 unspecified atom stereocenters. The van der Waals surface area contributed by atoms with Gasteiger partial charge in [0.1, 0.15) is 0 Å². The van der Waals surface area contributed by atoms with Crippen LogP contribution in [0.2, 0.25) is 0 Å². The molecule has 0 radical (unpaired) electrons. The van der Waals surface area contributed by atoms with Gasteiger partial charge < -0.3 is 10.1 Å². The van der Waals surface area contributed by atoms with E-state index in [1.807, 2.05) is 6.92 Å². The average Bonchev–Trinajstić information content (AvgIpc) is 2.52. The molecule has 0 spiro atoms. The van der Waals surface area contributed by atoms with Gasteiger partial charge in [-0.05, 0) is 49.9 Å². The Morgan fingerprint density at radius 1 is 1.24 bits per heavy atom. The van der Waals surface area contributed by atoms with Crippen LogP contribution >= 0.6 is 0 Å². The molecule has 1 aliphatic heterocycles. The predicted octanol–water partition coefficient (Wildman–Crippen LogP) is 2.36. The molecule has 1 atom stereocenters. The highest BCUT2D eigenvalue weighted by Crippen LogP contribution is 2.16. The molecule has 1 aromatic rings. The first-order chi connectivity index (χ1) is 10.1. The summed E-state index contributed by atoms with van der Waals surface area (Å²) < 4.78 is 32.1. The zero-order valence-electron chi connectivity index (χ0n) is 12.5. The maximum Gasteiger partial charge on any atom is 0.240 e. The first-order valence-corrected chi connectivity index (χ1v) is 9.05. The van der Waals surface area contributed by atoms with Crippen LogP contribution in [0.25, 0.3) is 0 Å². The van der Waals surface area contributed by atoms with Crippen LogP contribution in [0.5, 0.6) is 0 Å². The molecule has 1 heterocycles. The van der Waals surface area contributed by atoms with Gasteiger partial charge in [0, 0.05) is 25.4 Å². The van der Waals surface area contributed by atoms with Crippen molar-refractivity contribution in [3.05, 3.63) is 24.3 Å². The molecule has 118 valence electrons. The summed E-state index contributed by atoms with van der Waals surface area (Å²) in [5.41, 5.74) is 0.915. The van der Waals surface area contributed by atoms with E-state index in [0.29, 0.717) is 11.4 Å². The minimum absolute atomic E-state index is 0.258. The van der Waals surface area contributed by atoms with Crippen molar-refractivity contribution in [3.8, 4) is 0 Å².